The van der Waals surface area contributed by atoms with Crippen LogP contribution >= 0.6 is 28.1 Å². The summed E-state index contributed by atoms with van der Waals surface area (Å²) < 4.78 is 3.32. The lowest BCUT2D eigenvalue weighted by molar-refractivity contribution is 0.688. The van der Waals surface area contributed by atoms with Crippen LogP contribution in [0, 0.1) is 4.64 Å². The predicted octanol–water partition coefficient (Wildman–Crippen LogP) is 3.96. The number of aromatic nitrogens is 4. The molecule has 0 bridgehead atoms. The van der Waals surface area contributed by atoms with Gasteiger partial charge in [-0.1, -0.05) is 25.1 Å². The number of hydrogen-bond donors (Lipinski definition) is 1. The van der Waals surface area contributed by atoms with Gasteiger partial charge in [-0.3, -0.25) is 4.68 Å². The van der Waals surface area contributed by atoms with Crippen LogP contribution in [-0.4, -0.2) is 19.7 Å². The highest BCUT2D eigenvalue weighted by Gasteiger charge is 2.22. The normalized spacial score (nSPS) is 16.1. The highest BCUT2D eigenvalue weighted by molar-refractivity contribution is 9.10. The molecule has 1 fully saturated rings. The van der Waals surface area contributed by atoms with Crippen LogP contribution in [0.4, 0.5) is 0 Å². The maximum atomic E-state index is 5.36. The second-order valence-electron chi connectivity index (χ2n) is 4.97. The average Bonchev–Trinajstić information content (AvgIpc) is 3.03. The number of aryl methyl sites for hydroxylation is 1. The van der Waals surface area contributed by atoms with Crippen LogP contribution < -0.4 is 0 Å². The van der Waals surface area contributed by atoms with Crippen LogP contribution in [0.1, 0.15) is 37.3 Å². The van der Waals surface area contributed by atoms with Crippen molar-refractivity contribution in [3.8, 4) is 11.5 Å². The van der Waals surface area contributed by atoms with Gasteiger partial charge in [0.25, 0.3) is 0 Å². The zero-order valence-electron chi connectivity index (χ0n) is 10.7. The van der Waals surface area contributed by atoms with Crippen molar-refractivity contribution in [1.29, 1.82) is 0 Å². The molecule has 1 aliphatic rings. The zero-order chi connectivity index (χ0) is 13.4. The molecular formula is C13H15BrN4S. The van der Waals surface area contributed by atoms with E-state index in [1.807, 2.05) is 19.3 Å². The largest absolute Gasteiger partial charge is 0.340 e. The maximum absolute atomic E-state index is 5.36. The summed E-state index contributed by atoms with van der Waals surface area (Å²) in [5.74, 6) is 1.32. The van der Waals surface area contributed by atoms with E-state index in [2.05, 4.69) is 31.0 Å². The van der Waals surface area contributed by atoms with Gasteiger partial charge in [0.05, 0.1) is 4.47 Å². The fourth-order valence-corrected chi connectivity index (χ4v) is 3.35. The highest BCUT2D eigenvalue weighted by atomic mass is 79.9. The molecule has 4 nitrogen and oxygen atoms in total. The molecule has 100 valence electrons. The van der Waals surface area contributed by atoms with E-state index >= 15 is 0 Å². The van der Waals surface area contributed by atoms with Gasteiger partial charge in [0.15, 0.2) is 5.82 Å². The Morgan fingerprint density at radius 1 is 1.42 bits per heavy atom. The van der Waals surface area contributed by atoms with E-state index in [9.17, 15) is 0 Å². The second kappa shape index (κ2) is 5.17. The molecule has 0 aromatic carbocycles. The van der Waals surface area contributed by atoms with E-state index in [-0.39, 0.29) is 0 Å². The minimum atomic E-state index is 0.557. The van der Waals surface area contributed by atoms with Gasteiger partial charge in [0.1, 0.15) is 10.3 Å². The molecule has 6 heteroatoms. The number of nitrogens with zero attached hydrogens (tertiary/aromatic N) is 3. The first-order valence-electron chi connectivity index (χ1n) is 6.45. The SMILES string of the molecule is Cn1ccc(-c2nc(=S)c(Br)c(C3CCCC3)[nH]2)n1. The molecule has 2 heterocycles. The summed E-state index contributed by atoms with van der Waals surface area (Å²) in [5.41, 5.74) is 2.01. The Balaban J connectivity index is 2.09. The Bertz CT molecular complexity index is 655. The van der Waals surface area contributed by atoms with Crippen molar-refractivity contribution >= 4 is 28.1 Å². The summed E-state index contributed by atoms with van der Waals surface area (Å²) >= 11 is 8.94. The number of nitrogens with one attached hydrogen (secondary N) is 1. The van der Waals surface area contributed by atoms with Crippen molar-refractivity contribution in [1.82, 2.24) is 19.7 Å². The van der Waals surface area contributed by atoms with Gasteiger partial charge < -0.3 is 4.98 Å². The third-order valence-electron chi connectivity index (χ3n) is 3.61. The molecule has 19 heavy (non-hydrogen) atoms. The molecule has 1 saturated carbocycles. The summed E-state index contributed by atoms with van der Waals surface area (Å²) in [5, 5.41) is 4.38. The summed E-state index contributed by atoms with van der Waals surface area (Å²) in [6.45, 7) is 0. The van der Waals surface area contributed by atoms with Gasteiger partial charge in [-0.15, -0.1) is 0 Å². The number of halogens is 1. The van der Waals surface area contributed by atoms with Crippen molar-refractivity contribution in [3.05, 3.63) is 27.1 Å². The number of rotatable bonds is 2. The van der Waals surface area contributed by atoms with E-state index in [0.717, 1.165) is 16.0 Å². The maximum Gasteiger partial charge on any atom is 0.159 e. The molecule has 0 aliphatic heterocycles. The van der Waals surface area contributed by atoms with Crippen LogP contribution in [0.2, 0.25) is 0 Å². The summed E-state index contributed by atoms with van der Waals surface area (Å²) in [6, 6.07) is 1.94. The minimum absolute atomic E-state index is 0.557. The molecule has 3 rings (SSSR count). The fraction of sp³-hybridized carbons (Fsp3) is 0.462. The van der Waals surface area contributed by atoms with Crippen molar-refractivity contribution in [2.24, 2.45) is 7.05 Å². The summed E-state index contributed by atoms with van der Waals surface area (Å²) in [7, 11) is 1.90. The third kappa shape index (κ3) is 2.51. The standard InChI is InChI=1S/C13H15BrN4S/c1-18-7-6-9(17-18)12-15-11(8-4-2-3-5-8)10(14)13(19)16-12/h6-8H,2-5H2,1H3,(H,15,16,19). The van der Waals surface area contributed by atoms with E-state index in [1.54, 1.807) is 4.68 Å². The Morgan fingerprint density at radius 3 is 2.79 bits per heavy atom. The Labute approximate surface area is 125 Å². The molecule has 2 aromatic rings. The minimum Gasteiger partial charge on any atom is -0.340 e. The predicted molar refractivity (Wildman–Crippen MR) is 80.5 cm³/mol. The molecule has 0 radical (unpaired) electrons. The Morgan fingerprint density at radius 2 is 2.16 bits per heavy atom. The molecule has 0 amide bonds. The summed E-state index contributed by atoms with van der Waals surface area (Å²) in [4.78, 5) is 7.85. The lowest BCUT2D eigenvalue weighted by atomic mass is 10.0. The monoisotopic (exact) mass is 338 g/mol. The number of aromatic amines is 1. The van der Waals surface area contributed by atoms with Crippen molar-refractivity contribution in [2.75, 3.05) is 0 Å². The quantitative estimate of drug-likeness (QED) is 0.843. The van der Waals surface area contributed by atoms with Gasteiger partial charge in [0.2, 0.25) is 0 Å². The van der Waals surface area contributed by atoms with Gasteiger partial charge in [-0.05, 0) is 34.8 Å². The number of hydrogen-bond acceptors (Lipinski definition) is 3. The van der Waals surface area contributed by atoms with Gasteiger partial charge in [-0.25, -0.2) is 4.98 Å². The third-order valence-corrected chi connectivity index (χ3v) is 4.97. The van der Waals surface area contributed by atoms with E-state index in [4.69, 9.17) is 12.2 Å². The zero-order valence-corrected chi connectivity index (χ0v) is 13.1. The first-order valence-corrected chi connectivity index (χ1v) is 7.65. The first-order chi connectivity index (χ1) is 9.15. The molecule has 2 aromatic heterocycles. The summed E-state index contributed by atoms with van der Waals surface area (Å²) in [6.07, 6.45) is 6.92. The van der Waals surface area contributed by atoms with E-state index in [1.165, 1.54) is 31.4 Å². The molecule has 0 atom stereocenters. The van der Waals surface area contributed by atoms with Crippen LogP contribution in [-0.2, 0) is 7.05 Å². The first kappa shape index (κ1) is 13.0. The highest BCUT2D eigenvalue weighted by Crippen LogP contribution is 2.37. The van der Waals surface area contributed by atoms with Crippen molar-refractivity contribution < 1.29 is 0 Å². The van der Waals surface area contributed by atoms with Crippen LogP contribution in [0.3, 0.4) is 0 Å². The lowest BCUT2D eigenvalue weighted by Crippen LogP contribution is -2.03. The fourth-order valence-electron chi connectivity index (χ4n) is 2.63. The smallest absolute Gasteiger partial charge is 0.159 e. The Hall–Kier alpha value is -1.01. The van der Waals surface area contributed by atoms with Crippen molar-refractivity contribution in [2.45, 2.75) is 31.6 Å². The lowest BCUT2D eigenvalue weighted by Gasteiger charge is -2.13. The van der Waals surface area contributed by atoms with Gasteiger partial charge >= 0.3 is 0 Å². The van der Waals surface area contributed by atoms with Crippen LogP contribution in [0.25, 0.3) is 11.5 Å². The van der Waals surface area contributed by atoms with Gasteiger partial charge in [0, 0.05) is 24.9 Å². The van der Waals surface area contributed by atoms with E-state index in [0.29, 0.717) is 10.6 Å². The molecule has 1 N–H and O–H groups in total. The Kier molecular flexibility index (Phi) is 3.54. The molecule has 1 aliphatic carbocycles. The second-order valence-corrected chi connectivity index (χ2v) is 6.15. The number of H-pyrrole nitrogens is 1. The molecule has 0 spiro atoms. The van der Waals surface area contributed by atoms with Crippen LogP contribution in [0.15, 0.2) is 16.7 Å². The molecular weight excluding hydrogens is 324 g/mol. The topological polar surface area (TPSA) is 46.5 Å². The van der Waals surface area contributed by atoms with Crippen molar-refractivity contribution in [3.63, 3.8) is 0 Å². The van der Waals surface area contributed by atoms with Gasteiger partial charge in [-0.2, -0.15) is 5.10 Å². The van der Waals surface area contributed by atoms with E-state index < -0.39 is 0 Å². The average molecular weight is 339 g/mol. The van der Waals surface area contributed by atoms with Crippen LogP contribution in [0.5, 0.6) is 0 Å². The molecule has 0 saturated heterocycles. The molecule has 0 unspecified atom stereocenters.